The maximum absolute atomic E-state index is 12.4. The van der Waals surface area contributed by atoms with Crippen LogP contribution in [0.3, 0.4) is 0 Å². The molecule has 0 saturated carbocycles. The van der Waals surface area contributed by atoms with Crippen LogP contribution in [0.2, 0.25) is 0 Å². The number of hydrogen-bond donors (Lipinski definition) is 2. The van der Waals surface area contributed by atoms with Crippen LogP contribution in [0.15, 0.2) is 90.0 Å². The number of hydrazone groups is 1. The number of aromatic amines is 1. The van der Waals surface area contributed by atoms with Crippen molar-refractivity contribution < 1.29 is 4.79 Å². The summed E-state index contributed by atoms with van der Waals surface area (Å²) in [6.07, 6.45) is 1.61. The number of H-pyrrole nitrogens is 1. The summed E-state index contributed by atoms with van der Waals surface area (Å²) in [5.41, 5.74) is 8.80. The van der Waals surface area contributed by atoms with Crippen molar-refractivity contribution in [2.75, 3.05) is 19.0 Å². The predicted octanol–water partition coefficient (Wildman–Crippen LogP) is 4.57. The lowest BCUT2D eigenvalue weighted by Crippen LogP contribution is -2.18. The molecule has 0 aliphatic heterocycles. The molecule has 31 heavy (non-hydrogen) atoms. The normalized spacial score (nSPS) is 10.9. The molecule has 0 saturated heterocycles. The van der Waals surface area contributed by atoms with Crippen LogP contribution in [0.5, 0.6) is 0 Å². The highest BCUT2D eigenvalue weighted by Crippen LogP contribution is 2.24. The quantitative estimate of drug-likeness (QED) is 0.362. The molecule has 1 heterocycles. The minimum atomic E-state index is -0.346. The Morgan fingerprint density at radius 1 is 0.903 bits per heavy atom. The van der Waals surface area contributed by atoms with Gasteiger partial charge in [-0.2, -0.15) is 10.2 Å². The van der Waals surface area contributed by atoms with Crippen molar-refractivity contribution in [1.29, 1.82) is 0 Å². The smallest absolute Gasteiger partial charge is 0.289 e. The molecule has 2 N–H and O–H groups in total. The number of carbonyl (C=O) groups excluding carboxylic acids is 1. The highest BCUT2D eigenvalue weighted by molar-refractivity contribution is 5.94. The lowest BCUT2D eigenvalue weighted by molar-refractivity contribution is 0.0950. The highest BCUT2D eigenvalue weighted by Gasteiger charge is 2.10. The number of hydrogen-bond acceptors (Lipinski definition) is 4. The van der Waals surface area contributed by atoms with E-state index in [-0.39, 0.29) is 5.91 Å². The molecule has 1 aromatic heterocycles. The maximum Gasteiger partial charge on any atom is 0.289 e. The topological polar surface area (TPSA) is 73.4 Å². The number of nitrogens with one attached hydrogen (secondary N) is 2. The summed E-state index contributed by atoms with van der Waals surface area (Å²) in [6.45, 7) is 0. The fraction of sp³-hybridized carbons (Fsp3) is 0.0800. The molecule has 0 fully saturated rings. The number of anilines is 1. The van der Waals surface area contributed by atoms with E-state index in [9.17, 15) is 4.79 Å². The van der Waals surface area contributed by atoms with E-state index in [2.05, 4.69) is 32.9 Å². The molecular weight excluding hydrogens is 386 g/mol. The van der Waals surface area contributed by atoms with Gasteiger partial charge >= 0.3 is 0 Å². The molecule has 6 heteroatoms. The highest BCUT2D eigenvalue weighted by atomic mass is 16.2. The molecule has 4 rings (SSSR count). The minimum absolute atomic E-state index is 0.346. The molecule has 4 aromatic rings. The largest absolute Gasteiger partial charge is 0.378 e. The van der Waals surface area contributed by atoms with Gasteiger partial charge in [-0.1, -0.05) is 66.7 Å². The molecule has 0 spiro atoms. The van der Waals surface area contributed by atoms with Gasteiger partial charge in [0.25, 0.3) is 5.91 Å². The molecule has 6 nitrogen and oxygen atoms in total. The first-order valence-corrected chi connectivity index (χ1v) is 9.92. The summed E-state index contributed by atoms with van der Waals surface area (Å²) in [6, 6.07) is 27.9. The van der Waals surface area contributed by atoms with Gasteiger partial charge in [0.05, 0.1) is 11.9 Å². The summed E-state index contributed by atoms with van der Waals surface area (Å²) in [5.74, 6) is -0.346. The van der Waals surface area contributed by atoms with Gasteiger partial charge in [-0.15, -0.1) is 0 Å². The Labute approximate surface area is 181 Å². The number of amides is 1. The van der Waals surface area contributed by atoms with Crippen LogP contribution < -0.4 is 10.3 Å². The van der Waals surface area contributed by atoms with Crippen molar-refractivity contribution in [1.82, 2.24) is 15.6 Å². The monoisotopic (exact) mass is 409 g/mol. The van der Waals surface area contributed by atoms with Gasteiger partial charge in [-0.25, -0.2) is 5.43 Å². The summed E-state index contributed by atoms with van der Waals surface area (Å²) in [5, 5.41) is 11.1. The number of rotatable bonds is 6. The third-order valence-corrected chi connectivity index (χ3v) is 4.90. The van der Waals surface area contributed by atoms with E-state index >= 15 is 0 Å². The van der Waals surface area contributed by atoms with Crippen LogP contribution in [0.4, 0.5) is 5.69 Å². The average Bonchev–Trinajstić information content (AvgIpc) is 3.31. The standard InChI is InChI=1S/C25H23N5O/c1-30(2)22-14-8-18(9-15-22)17-26-29-25(31)24-16-23(27-28-24)21-12-10-20(11-13-21)19-6-4-3-5-7-19/h3-17H,1-2H3,(H,27,28)(H,29,31). The van der Waals surface area contributed by atoms with Crippen molar-refractivity contribution >= 4 is 17.8 Å². The number of benzene rings is 3. The van der Waals surface area contributed by atoms with Crippen LogP contribution in [0.25, 0.3) is 22.4 Å². The van der Waals surface area contributed by atoms with Gasteiger partial charge < -0.3 is 4.90 Å². The van der Waals surface area contributed by atoms with Gasteiger partial charge in [0.2, 0.25) is 0 Å². The van der Waals surface area contributed by atoms with E-state index in [4.69, 9.17) is 0 Å². The van der Waals surface area contributed by atoms with Gasteiger partial charge in [-0.3, -0.25) is 9.89 Å². The van der Waals surface area contributed by atoms with Crippen LogP contribution in [-0.4, -0.2) is 36.4 Å². The van der Waals surface area contributed by atoms with Gasteiger partial charge in [0.1, 0.15) is 5.69 Å². The Balaban J connectivity index is 1.39. The number of nitrogens with zero attached hydrogens (tertiary/aromatic N) is 3. The van der Waals surface area contributed by atoms with Crippen LogP contribution in [-0.2, 0) is 0 Å². The number of aromatic nitrogens is 2. The summed E-state index contributed by atoms with van der Waals surface area (Å²) < 4.78 is 0. The van der Waals surface area contributed by atoms with Crippen LogP contribution in [0.1, 0.15) is 16.1 Å². The molecule has 0 unspecified atom stereocenters. The molecule has 0 bridgehead atoms. The molecule has 0 aliphatic carbocycles. The molecule has 0 radical (unpaired) electrons. The summed E-state index contributed by atoms with van der Waals surface area (Å²) in [4.78, 5) is 14.4. The third-order valence-electron chi connectivity index (χ3n) is 4.90. The third kappa shape index (κ3) is 4.87. The van der Waals surface area contributed by atoms with Crippen LogP contribution >= 0.6 is 0 Å². The van der Waals surface area contributed by atoms with Crippen molar-refractivity contribution in [3.05, 3.63) is 96.2 Å². The Bertz CT molecular complexity index is 1180. The Kier molecular flexibility index (Phi) is 5.89. The minimum Gasteiger partial charge on any atom is -0.378 e. The average molecular weight is 409 g/mol. The van der Waals surface area contributed by atoms with Crippen molar-refractivity contribution in [2.24, 2.45) is 5.10 Å². The van der Waals surface area contributed by atoms with E-state index in [0.29, 0.717) is 11.4 Å². The predicted molar refractivity (Wildman–Crippen MR) is 125 cm³/mol. The Hall–Kier alpha value is -4.19. The molecule has 0 atom stereocenters. The second kappa shape index (κ2) is 9.09. The second-order valence-electron chi connectivity index (χ2n) is 7.30. The zero-order valence-electron chi connectivity index (χ0n) is 17.4. The summed E-state index contributed by atoms with van der Waals surface area (Å²) >= 11 is 0. The van der Waals surface area contributed by atoms with E-state index in [1.165, 1.54) is 0 Å². The van der Waals surface area contributed by atoms with Gasteiger partial charge in [-0.05, 0) is 34.9 Å². The Morgan fingerprint density at radius 2 is 1.55 bits per heavy atom. The zero-order valence-corrected chi connectivity index (χ0v) is 17.4. The first kappa shape index (κ1) is 20.1. The first-order valence-electron chi connectivity index (χ1n) is 9.92. The molecular formula is C25H23N5O. The molecule has 3 aromatic carbocycles. The maximum atomic E-state index is 12.4. The van der Waals surface area contributed by atoms with E-state index in [1.807, 2.05) is 85.7 Å². The van der Waals surface area contributed by atoms with E-state index in [1.54, 1.807) is 12.3 Å². The Morgan fingerprint density at radius 3 is 2.23 bits per heavy atom. The van der Waals surface area contributed by atoms with E-state index < -0.39 is 0 Å². The van der Waals surface area contributed by atoms with Gasteiger partial charge in [0, 0.05) is 25.3 Å². The van der Waals surface area contributed by atoms with Crippen molar-refractivity contribution in [3.8, 4) is 22.4 Å². The molecule has 0 aliphatic rings. The second-order valence-corrected chi connectivity index (χ2v) is 7.30. The van der Waals surface area contributed by atoms with E-state index in [0.717, 1.165) is 27.9 Å². The molecule has 1 amide bonds. The fourth-order valence-corrected chi connectivity index (χ4v) is 3.13. The van der Waals surface area contributed by atoms with Gasteiger partial charge in [0.15, 0.2) is 0 Å². The first-order chi connectivity index (χ1) is 15.1. The van der Waals surface area contributed by atoms with Crippen molar-refractivity contribution in [2.45, 2.75) is 0 Å². The molecule has 154 valence electrons. The van der Waals surface area contributed by atoms with Crippen molar-refractivity contribution in [3.63, 3.8) is 0 Å². The fourth-order valence-electron chi connectivity index (χ4n) is 3.13. The number of carbonyl (C=O) groups is 1. The lowest BCUT2D eigenvalue weighted by Gasteiger charge is -2.11. The lowest BCUT2D eigenvalue weighted by atomic mass is 10.0. The van der Waals surface area contributed by atoms with Crippen LogP contribution in [0, 0.1) is 0 Å². The SMILES string of the molecule is CN(C)c1ccc(C=NNC(=O)c2cc(-c3ccc(-c4ccccc4)cc3)n[nH]2)cc1. The summed E-state index contributed by atoms with van der Waals surface area (Å²) in [7, 11) is 3.97. The zero-order chi connectivity index (χ0) is 21.6.